The van der Waals surface area contributed by atoms with Crippen LogP contribution in [0.4, 0.5) is 0 Å². The first-order valence-electron chi connectivity index (χ1n) is 5.33. The van der Waals surface area contributed by atoms with Crippen LogP contribution in [0.3, 0.4) is 0 Å². The van der Waals surface area contributed by atoms with E-state index in [4.69, 9.17) is 11.6 Å². The van der Waals surface area contributed by atoms with E-state index in [9.17, 15) is 4.79 Å². The molecule has 1 aromatic carbocycles. The van der Waals surface area contributed by atoms with Crippen LogP contribution in [0.5, 0.6) is 0 Å². The number of halogens is 1. The molecule has 1 aliphatic rings. The predicted molar refractivity (Wildman–Crippen MR) is 64.5 cm³/mol. The molecule has 0 bridgehead atoms. The standard InChI is InChI=1S/C12H10ClN3O/c13-9-3-1-2-4-11(9)16-12-6-14-5-8(12)10(7-17)15-16/h1-4,7,14H,5-6H2. The fourth-order valence-electron chi connectivity index (χ4n) is 2.10. The van der Waals surface area contributed by atoms with Crippen LogP contribution in [0.15, 0.2) is 24.3 Å². The van der Waals surface area contributed by atoms with Crippen molar-refractivity contribution in [2.45, 2.75) is 13.1 Å². The molecule has 0 saturated heterocycles. The minimum absolute atomic E-state index is 0.491. The van der Waals surface area contributed by atoms with E-state index in [2.05, 4.69) is 10.4 Å². The van der Waals surface area contributed by atoms with E-state index in [-0.39, 0.29) is 0 Å². The van der Waals surface area contributed by atoms with E-state index >= 15 is 0 Å². The molecule has 0 unspecified atom stereocenters. The fourth-order valence-corrected chi connectivity index (χ4v) is 2.32. The number of rotatable bonds is 2. The van der Waals surface area contributed by atoms with Crippen molar-refractivity contribution in [3.8, 4) is 5.69 Å². The Labute approximate surface area is 103 Å². The average Bonchev–Trinajstić information content (AvgIpc) is 2.91. The van der Waals surface area contributed by atoms with Crippen LogP contribution in [0.25, 0.3) is 5.69 Å². The van der Waals surface area contributed by atoms with E-state index < -0.39 is 0 Å². The number of nitrogens with one attached hydrogen (secondary N) is 1. The summed E-state index contributed by atoms with van der Waals surface area (Å²) < 4.78 is 1.75. The van der Waals surface area contributed by atoms with Gasteiger partial charge in [0.15, 0.2) is 6.29 Å². The van der Waals surface area contributed by atoms with Crippen LogP contribution in [0.1, 0.15) is 21.7 Å². The van der Waals surface area contributed by atoms with Crippen molar-refractivity contribution >= 4 is 17.9 Å². The van der Waals surface area contributed by atoms with Gasteiger partial charge in [-0.05, 0) is 12.1 Å². The third-order valence-corrected chi connectivity index (χ3v) is 3.23. The first-order valence-corrected chi connectivity index (χ1v) is 5.70. The Balaban J connectivity index is 2.22. The molecular formula is C12H10ClN3O. The smallest absolute Gasteiger partial charge is 0.170 e. The van der Waals surface area contributed by atoms with Gasteiger partial charge in [-0.1, -0.05) is 23.7 Å². The third kappa shape index (κ3) is 1.57. The van der Waals surface area contributed by atoms with Crippen molar-refractivity contribution in [2.75, 3.05) is 0 Å². The van der Waals surface area contributed by atoms with E-state index in [1.807, 2.05) is 24.3 Å². The number of benzene rings is 1. The topological polar surface area (TPSA) is 46.9 Å². The molecule has 0 spiro atoms. The highest BCUT2D eigenvalue weighted by Gasteiger charge is 2.23. The second-order valence-corrected chi connectivity index (χ2v) is 4.30. The molecule has 0 fully saturated rings. The normalized spacial score (nSPS) is 13.7. The van der Waals surface area contributed by atoms with Gasteiger partial charge in [0.1, 0.15) is 5.69 Å². The van der Waals surface area contributed by atoms with Gasteiger partial charge in [-0.25, -0.2) is 4.68 Å². The van der Waals surface area contributed by atoms with E-state index in [0.717, 1.165) is 23.2 Å². The summed E-state index contributed by atoms with van der Waals surface area (Å²) in [6.07, 6.45) is 0.791. The van der Waals surface area contributed by atoms with Crippen molar-refractivity contribution in [2.24, 2.45) is 0 Å². The Kier molecular flexibility index (Phi) is 2.46. The maximum absolute atomic E-state index is 11.0. The van der Waals surface area contributed by atoms with Gasteiger partial charge >= 0.3 is 0 Å². The van der Waals surface area contributed by atoms with Gasteiger partial charge in [0.25, 0.3) is 0 Å². The lowest BCUT2D eigenvalue weighted by molar-refractivity contribution is 0.111. The fraction of sp³-hybridized carbons (Fsp3) is 0.167. The Hall–Kier alpha value is -1.65. The third-order valence-electron chi connectivity index (χ3n) is 2.91. The second kappa shape index (κ2) is 3.98. The molecule has 1 N–H and O–H groups in total. The summed E-state index contributed by atoms with van der Waals surface area (Å²) in [7, 11) is 0. The summed E-state index contributed by atoms with van der Waals surface area (Å²) >= 11 is 6.14. The highest BCUT2D eigenvalue weighted by molar-refractivity contribution is 6.32. The highest BCUT2D eigenvalue weighted by Crippen LogP contribution is 2.26. The van der Waals surface area contributed by atoms with Gasteiger partial charge in [-0.3, -0.25) is 4.79 Å². The van der Waals surface area contributed by atoms with Crippen LogP contribution >= 0.6 is 11.6 Å². The van der Waals surface area contributed by atoms with Gasteiger partial charge < -0.3 is 5.32 Å². The maximum atomic E-state index is 11.0. The molecular weight excluding hydrogens is 238 g/mol. The molecule has 2 heterocycles. The number of carbonyl (C=O) groups excluding carboxylic acids is 1. The van der Waals surface area contributed by atoms with Crippen LogP contribution in [0.2, 0.25) is 5.02 Å². The SMILES string of the molecule is O=Cc1nn(-c2ccccc2Cl)c2c1CNC2. The zero-order chi connectivity index (χ0) is 11.8. The minimum Gasteiger partial charge on any atom is -0.307 e. The molecule has 0 radical (unpaired) electrons. The number of aromatic nitrogens is 2. The van der Waals surface area contributed by atoms with Crippen LogP contribution in [-0.2, 0) is 13.1 Å². The van der Waals surface area contributed by atoms with Crippen molar-refractivity contribution in [3.05, 3.63) is 46.2 Å². The molecule has 86 valence electrons. The number of aldehydes is 1. The molecule has 5 heteroatoms. The van der Waals surface area contributed by atoms with Crippen LogP contribution in [-0.4, -0.2) is 16.1 Å². The predicted octanol–water partition coefficient (Wildman–Crippen LogP) is 1.94. The average molecular weight is 248 g/mol. The zero-order valence-corrected chi connectivity index (χ0v) is 9.74. The molecule has 0 amide bonds. The van der Waals surface area contributed by atoms with Gasteiger partial charge in [-0.15, -0.1) is 0 Å². The zero-order valence-electron chi connectivity index (χ0n) is 8.98. The summed E-state index contributed by atoms with van der Waals surface area (Å²) in [4.78, 5) is 11.0. The van der Waals surface area contributed by atoms with Crippen molar-refractivity contribution in [1.82, 2.24) is 15.1 Å². The molecule has 17 heavy (non-hydrogen) atoms. The largest absolute Gasteiger partial charge is 0.307 e. The number of para-hydroxylation sites is 1. The maximum Gasteiger partial charge on any atom is 0.170 e. The number of hydrogen-bond acceptors (Lipinski definition) is 3. The van der Waals surface area contributed by atoms with Gasteiger partial charge in [0, 0.05) is 18.7 Å². The Morgan fingerprint density at radius 2 is 2.18 bits per heavy atom. The number of fused-ring (bicyclic) bond motifs is 1. The summed E-state index contributed by atoms with van der Waals surface area (Å²) in [5.41, 5.74) is 3.28. The lowest BCUT2D eigenvalue weighted by Crippen LogP contribution is -2.08. The monoisotopic (exact) mass is 247 g/mol. The molecule has 2 aromatic rings. The van der Waals surface area contributed by atoms with E-state index in [1.54, 1.807) is 4.68 Å². The molecule has 0 aliphatic carbocycles. The van der Waals surface area contributed by atoms with Gasteiger partial charge in [-0.2, -0.15) is 5.10 Å². The Morgan fingerprint density at radius 3 is 2.94 bits per heavy atom. The molecule has 0 atom stereocenters. The molecule has 3 rings (SSSR count). The summed E-state index contributed by atoms with van der Waals surface area (Å²) in [5, 5.41) is 8.14. The molecule has 1 aromatic heterocycles. The van der Waals surface area contributed by atoms with E-state index in [0.29, 0.717) is 23.8 Å². The summed E-state index contributed by atoms with van der Waals surface area (Å²) in [6.45, 7) is 1.40. The van der Waals surface area contributed by atoms with Crippen molar-refractivity contribution in [3.63, 3.8) is 0 Å². The van der Waals surface area contributed by atoms with E-state index in [1.165, 1.54) is 0 Å². The molecule has 4 nitrogen and oxygen atoms in total. The van der Waals surface area contributed by atoms with Crippen LogP contribution < -0.4 is 5.32 Å². The van der Waals surface area contributed by atoms with Gasteiger partial charge in [0.05, 0.1) is 16.4 Å². The Bertz CT molecular complexity index is 591. The summed E-state index contributed by atoms with van der Waals surface area (Å²) in [5.74, 6) is 0. The number of hydrogen-bond donors (Lipinski definition) is 1. The van der Waals surface area contributed by atoms with Gasteiger partial charge in [0.2, 0.25) is 0 Å². The number of carbonyl (C=O) groups is 1. The quantitative estimate of drug-likeness (QED) is 0.825. The van der Waals surface area contributed by atoms with Crippen molar-refractivity contribution in [1.29, 1.82) is 0 Å². The second-order valence-electron chi connectivity index (χ2n) is 3.90. The lowest BCUT2D eigenvalue weighted by atomic mass is 10.2. The molecule has 0 saturated carbocycles. The number of nitrogens with zero attached hydrogens (tertiary/aromatic N) is 2. The van der Waals surface area contributed by atoms with Crippen LogP contribution in [0, 0.1) is 0 Å². The highest BCUT2D eigenvalue weighted by atomic mass is 35.5. The minimum atomic E-state index is 0.491. The summed E-state index contributed by atoms with van der Waals surface area (Å²) in [6, 6.07) is 7.48. The first kappa shape index (κ1) is 10.5. The molecule has 1 aliphatic heterocycles. The van der Waals surface area contributed by atoms with Crippen molar-refractivity contribution < 1.29 is 4.79 Å². The first-order chi connectivity index (χ1) is 8.31. The Morgan fingerprint density at radius 1 is 1.35 bits per heavy atom. The lowest BCUT2D eigenvalue weighted by Gasteiger charge is -2.06.